The molecular formula is C27H22BrNO5. The van der Waals surface area contributed by atoms with E-state index in [1.54, 1.807) is 12.1 Å². The zero-order chi connectivity index (χ0) is 23.2. The van der Waals surface area contributed by atoms with E-state index in [2.05, 4.69) is 52.0 Å². The summed E-state index contributed by atoms with van der Waals surface area (Å²) in [6.07, 6.45) is 1.75. The number of Topliss-reactive ketones (excluding diaryl/α,β-unsaturated/α-hetero) is 1. The van der Waals surface area contributed by atoms with Crippen molar-refractivity contribution in [3.63, 3.8) is 0 Å². The van der Waals surface area contributed by atoms with Gasteiger partial charge in [0, 0.05) is 28.7 Å². The van der Waals surface area contributed by atoms with Crippen molar-refractivity contribution in [3.05, 3.63) is 92.1 Å². The number of ether oxygens (including phenoxy) is 4. The molecule has 0 saturated carbocycles. The van der Waals surface area contributed by atoms with Crippen LogP contribution >= 0.6 is 15.9 Å². The van der Waals surface area contributed by atoms with Gasteiger partial charge in [0.15, 0.2) is 12.6 Å². The zero-order valence-corrected chi connectivity index (χ0v) is 20.2. The standard InChI is InChI=1S/C27H22BrNO5/c1-16-2-4-17(5-3-16)11-29-12-22-23(32-14-29)7-6-21-25(30)24(34-27(21)22)10-18-8-20(28)9-19-13-31-15-33-26(18)19/h2-10H,11-15H2,1H3/b24-10-. The number of aryl methyl sites for hydroxylation is 1. The molecule has 6 nitrogen and oxygen atoms in total. The van der Waals surface area contributed by atoms with Gasteiger partial charge in [-0.1, -0.05) is 45.8 Å². The van der Waals surface area contributed by atoms with Gasteiger partial charge in [-0.25, -0.2) is 0 Å². The second kappa shape index (κ2) is 8.58. The van der Waals surface area contributed by atoms with Crippen LogP contribution in [-0.4, -0.2) is 24.2 Å². The highest BCUT2D eigenvalue weighted by atomic mass is 79.9. The number of hydrogen-bond acceptors (Lipinski definition) is 6. The van der Waals surface area contributed by atoms with Crippen LogP contribution in [0.1, 0.15) is 38.2 Å². The Bertz CT molecular complexity index is 1330. The van der Waals surface area contributed by atoms with Gasteiger partial charge in [-0.05, 0) is 42.8 Å². The van der Waals surface area contributed by atoms with Crippen molar-refractivity contribution in [2.24, 2.45) is 0 Å². The van der Waals surface area contributed by atoms with E-state index in [1.165, 1.54) is 11.1 Å². The maximum absolute atomic E-state index is 13.2. The van der Waals surface area contributed by atoms with E-state index in [0.717, 1.165) is 33.5 Å². The van der Waals surface area contributed by atoms with Gasteiger partial charge in [0.2, 0.25) is 5.78 Å². The lowest BCUT2D eigenvalue weighted by Crippen LogP contribution is -2.31. The first-order valence-corrected chi connectivity index (χ1v) is 11.9. The highest BCUT2D eigenvalue weighted by Gasteiger charge is 2.34. The highest BCUT2D eigenvalue weighted by molar-refractivity contribution is 9.10. The van der Waals surface area contributed by atoms with E-state index in [4.69, 9.17) is 18.9 Å². The summed E-state index contributed by atoms with van der Waals surface area (Å²) in [4.78, 5) is 15.4. The summed E-state index contributed by atoms with van der Waals surface area (Å²) >= 11 is 3.53. The molecule has 3 aliphatic rings. The van der Waals surface area contributed by atoms with Crippen molar-refractivity contribution in [3.8, 4) is 17.2 Å². The number of fused-ring (bicyclic) bond motifs is 4. The van der Waals surface area contributed by atoms with Crippen LogP contribution in [0.15, 0.2) is 58.8 Å². The van der Waals surface area contributed by atoms with Crippen molar-refractivity contribution >= 4 is 27.8 Å². The quantitative estimate of drug-likeness (QED) is 0.420. The number of halogens is 1. The Balaban J connectivity index is 1.30. The first-order valence-electron chi connectivity index (χ1n) is 11.1. The van der Waals surface area contributed by atoms with Gasteiger partial charge in [0.05, 0.1) is 17.7 Å². The minimum Gasteiger partial charge on any atom is -0.478 e. The average Bonchev–Trinajstić information content (AvgIpc) is 3.16. The molecule has 0 N–H and O–H groups in total. The lowest BCUT2D eigenvalue weighted by Gasteiger charge is -2.29. The summed E-state index contributed by atoms with van der Waals surface area (Å²) in [5.74, 6) is 2.18. The molecule has 3 aromatic carbocycles. The zero-order valence-electron chi connectivity index (χ0n) is 18.6. The van der Waals surface area contributed by atoms with Gasteiger partial charge in [-0.2, -0.15) is 0 Å². The SMILES string of the molecule is Cc1ccc(CN2COc3ccc4c(c3C2)O/C(=C\c2cc(Br)cc3c2OCOC3)C4=O)cc1. The van der Waals surface area contributed by atoms with E-state index in [-0.39, 0.29) is 18.3 Å². The third kappa shape index (κ3) is 3.90. The van der Waals surface area contributed by atoms with Crippen molar-refractivity contribution in [2.75, 3.05) is 13.5 Å². The lowest BCUT2D eigenvalue weighted by atomic mass is 10.0. The Labute approximate surface area is 205 Å². The van der Waals surface area contributed by atoms with Crippen LogP contribution in [0.2, 0.25) is 0 Å². The van der Waals surface area contributed by atoms with Crippen molar-refractivity contribution in [2.45, 2.75) is 26.6 Å². The maximum Gasteiger partial charge on any atom is 0.231 e. The van der Waals surface area contributed by atoms with Gasteiger partial charge in [-0.3, -0.25) is 9.69 Å². The lowest BCUT2D eigenvalue weighted by molar-refractivity contribution is -0.0165. The van der Waals surface area contributed by atoms with Gasteiger partial charge in [0.25, 0.3) is 0 Å². The summed E-state index contributed by atoms with van der Waals surface area (Å²) in [5.41, 5.74) is 5.60. The van der Waals surface area contributed by atoms with Crippen LogP contribution < -0.4 is 14.2 Å². The monoisotopic (exact) mass is 519 g/mol. The first-order chi connectivity index (χ1) is 16.5. The highest BCUT2D eigenvalue weighted by Crippen LogP contribution is 2.43. The number of carbonyl (C=O) groups is 1. The van der Waals surface area contributed by atoms with Gasteiger partial charge >= 0.3 is 0 Å². The topological polar surface area (TPSA) is 57.2 Å². The number of rotatable bonds is 3. The Morgan fingerprint density at radius 3 is 2.76 bits per heavy atom. The molecule has 0 radical (unpaired) electrons. The molecule has 0 fully saturated rings. The molecule has 0 bridgehead atoms. The summed E-state index contributed by atoms with van der Waals surface area (Å²) in [6, 6.07) is 16.0. The summed E-state index contributed by atoms with van der Waals surface area (Å²) in [7, 11) is 0. The normalized spacial score (nSPS) is 17.9. The summed E-state index contributed by atoms with van der Waals surface area (Å²) in [5, 5.41) is 0. The molecule has 0 saturated heterocycles. The van der Waals surface area contributed by atoms with Crippen LogP contribution in [0.3, 0.4) is 0 Å². The molecule has 0 amide bonds. The number of nitrogens with zero attached hydrogens (tertiary/aromatic N) is 1. The largest absolute Gasteiger partial charge is 0.478 e. The van der Waals surface area contributed by atoms with Gasteiger partial charge in [-0.15, -0.1) is 0 Å². The molecule has 0 spiro atoms. The third-order valence-electron chi connectivity index (χ3n) is 6.20. The fraction of sp³-hybridized carbons (Fsp3) is 0.222. The molecule has 7 heteroatoms. The van der Waals surface area contributed by atoms with E-state index in [1.807, 2.05) is 18.2 Å². The summed E-state index contributed by atoms with van der Waals surface area (Å²) < 4.78 is 24.2. The number of carbonyl (C=O) groups excluding carboxylic acids is 1. The van der Waals surface area contributed by atoms with Crippen LogP contribution in [0.25, 0.3) is 6.08 Å². The number of ketones is 1. The number of hydrogen-bond donors (Lipinski definition) is 0. The first kappa shape index (κ1) is 21.4. The second-order valence-electron chi connectivity index (χ2n) is 8.70. The molecule has 0 atom stereocenters. The minimum atomic E-state index is -0.144. The minimum absolute atomic E-state index is 0.144. The fourth-order valence-corrected chi connectivity index (χ4v) is 5.04. The number of benzene rings is 3. The molecule has 0 aromatic heterocycles. The predicted molar refractivity (Wildman–Crippen MR) is 130 cm³/mol. The second-order valence-corrected chi connectivity index (χ2v) is 9.61. The molecule has 0 aliphatic carbocycles. The smallest absolute Gasteiger partial charge is 0.231 e. The Morgan fingerprint density at radius 2 is 1.91 bits per heavy atom. The number of allylic oxidation sites excluding steroid dienone is 1. The average molecular weight is 520 g/mol. The van der Waals surface area contributed by atoms with Crippen molar-refractivity contribution in [1.82, 2.24) is 4.90 Å². The van der Waals surface area contributed by atoms with E-state index >= 15 is 0 Å². The molecule has 34 heavy (non-hydrogen) atoms. The van der Waals surface area contributed by atoms with E-state index < -0.39 is 0 Å². The molecular weight excluding hydrogens is 498 g/mol. The van der Waals surface area contributed by atoms with Crippen molar-refractivity contribution < 1.29 is 23.7 Å². The predicted octanol–water partition coefficient (Wildman–Crippen LogP) is 5.59. The Hall–Kier alpha value is -3.13. The molecule has 3 aromatic rings. The fourth-order valence-electron chi connectivity index (χ4n) is 4.51. The third-order valence-corrected chi connectivity index (χ3v) is 6.66. The van der Waals surface area contributed by atoms with E-state index in [9.17, 15) is 4.79 Å². The molecule has 3 aliphatic heterocycles. The molecule has 3 heterocycles. The summed E-state index contributed by atoms with van der Waals surface area (Å²) in [6.45, 7) is 4.60. The van der Waals surface area contributed by atoms with Crippen LogP contribution in [-0.2, 0) is 24.4 Å². The van der Waals surface area contributed by atoms with Crippen LogP contribution in [0.5, 0.6) is 17.2 Å². The van der Waals surface area contributed by atoms with Gasteiger partial charge < -0.3 is 18.9 Å². The Kier molecular flexibility index (Phi) is 5.40. The molecule has 6 rings (SSSR count). The molecule has 172 valence electrons. The van der Waals surface area contributed by atoms with Crippen LogP contribution in [0, 0.1) is 6.92 Å². The maximum atomic E-state index is 13.2. The van der Waals surface area contributed by atoms with Gasteiger partial charge in [0.1, 0.15) is 24.0 Å². The van der Waals surface area contributed by atoms with Crippen molar-refractivity contribution in [1.29, 1.82) is 0 Å². The Morgan fingerprint density at radius 1 is 1.06 bits per heavy atom. The van der Waals surface area contributed by atoms with Crippen LogP contribution in [0.4, 0.5) is 0 Å². The molecule has 0 unspecified atom stereocenters. The van der Waals surface area contributed by atoms with E-state index in [0.29, 0.717) is 36.9 Å².